The largest absolute Gasteiger partial charge is 0.484 e. The SMILES string of the molecule is CC(C)c1ccc(OCC(=O)Nc2ccc(Cl)cc2NC(=O)COc2ccc(C(C)C)cc2)cc1. The molecule has 2 amide bonds. The van der Waals surface area contributed by atoms with E-state index < -0.39 is 0 Å². The number of hydrogen-bond donors (Lipinski definition) is 2. The first-order chi connectivity index (χ1) is 16.7. The summed E-state index contributed by atoms with van der Waals surface area (Å²) in [5.74, 6) is 1.30. The van der Waals surface area contributed by atoms with Gasteiger partial charge >= 0.3 is 0 Å². The van der Waals surface area contributed by atoms with E-state index in [1.54, 1.807) is 18.2 Å². The fourth-order valence-electron chi connectivity index (χ4n) is 3.30. The van der Waals surface area contributed by atoms with E-state index in [2.05, 4.69) is 38.3 Å². The average Bonchev–Trinajstić information content (AvgIpc) is 2.83. The van der Waals surface area contributed by atoms with Gasteiger partial charge < -0.3 is 20.1 Å². The van der Waals surface area contributed by atoms with Crippen molar-refractivity contribution < 1.29 is 19.1 Å². The highest BCUT2D eigenvalue weighted by Gasteiger charge is 2.12. The fraction of sp³-hybridized carbons (Fsp3) is 0.286. The van der Waals surface area contributed by atoms with E-state index in [4.69, 9.17) is 21.1 Å². The molecule has 0 aliphatic rings. The van der Waals surface area contributed by atoms with Crippen LogP contribution in [0.1, 0.15) is 50.7 Å². The minimum atomic E-state index is -0.378. The van der Waals surface area contributed by atoms with E-state index in [1.165, 1.54) is 11.1 Å². The maximum Gasteiger partial charge on any atom is 0.262 e. The number of nitrogens with one attached hydrogen (secondary N) is 2. The maximum atomic E-state index is 12.5. The molecule has 35 heavy (non-hydrogen) atoms. The molecule has 3 aromatic carbocycles. The minimum absolute atomic E-state index is 0.174. The lowest BCUT2D eigenvalue weighted by molar-refractivity contribution is -0.119. The zero-order chi connectivity index (χ0) is 25.4. The van der Waals surface area contributed by atoms with Gasteiger partial charge in [-0.3, -0.25) is 9.59 Å². The van der Waals surface area contributed by atoms with Crippen LogP contribution in [-0.2, 0) is 9.59 Å². The normalized spacial score (nSPS) is 10.8. The van der Waals surface area contributed by atoms with Crippen LogP contribution in [0, 0.1) is 0 Å². The zero-order valence-electron chi connectivity index (χ0n) is 20.4. The number of benzene rings is 3. The van der Waals surface area contributed by atoms with Crippen molar-refractivity contribution in [1.82, 2.24) is 0 Å². The van der Waals surface area contributed by atoms with Crippen LogP contribution in [0.3, 0.4) is 0 Å². The smallest absolute Gasteiger partial charge is 0.262 e. The third-order valence-corrected chi connectivity index (χ3v) is 5.60. The van der Waals surface area contributed by atoms with Gasteiger partial charge in [0.2, 0.25) is 0 Å². The molecule has 7 heteroatoms. The molecule has 0 aliphatic heterocycles. The van der Waals surface area contributed by atoms with E-state index in [1.807, 2.05) is 48.5 Å². The molecular formula is C28H31ClN2O4. The van der Waals surface area contributed by atoms with Crippen LogP contribution < -0.4 is 20.1 Å². The van der Waals surface area contributed by atoms with Gasteiger partial charge in [0.05, 0.1) is 11.4 Å². The number of ether oxygens (including phenoxy) is 2. The molecule has 2 N–H and O–H groups in total. The van der Waals surface area contributed by atoms with Crippen molar-refractivity contribution in [2.24, 2.45) is 0 Å². The number of anilines is 2. The van der Waals surface area contributed by atoms with E-state index >= 15 is 0 Å². The monoisotopic (exact) mass is 494 g/mol. The zero-order valence-corrected chi connectivity index (χ0v) is 21.2. The molecule has 0 bridgehead atoms. The van der Waals surface area contributed by atoms with Gasteiger partial charge in [-0.1, -0.05) is 63.6 Å². The molecule has 0 radical (unpaired) electrons. The molecule has 3 rings (SSSR count). The van der Waals surface area contributed by atoms with Crippen LogP contribution in [-0.4, -0.2) is 25.0 Å². The molecule has 0 atom stereocenters. The second-order valence-electron chi connectivity index (χ2n) is 8.81. The van der Waals surface area contributed by atoms with Gasteiger partial charge in [0.15, 0.2) is 13.2 Å². The van der Waals surface area contributed by atoms with Crippen LogP contribution in [0.25, 0.3) is 0 Å². The molecule has 6 nitrogen and oxygen atoms in total. The topological polar surface area (TPSA) is 76.7 Å². The van der Waals surface area contributed by atoms with Gasteiger partial charge in [-0.05, 0) is 65.4 Å². The summed E-state index contributed by atoms with van der Waals surface area (Å²) in [5, 5.41) is 5.92. The summed E-state index contributed by atoms with van der Waals surface area (Å²) >= 11 is 6.11. The molecule has 0 heterocycles. The molecule has 184 valence electrons. The highest BCUT2D eigenvalue weighted by molar-refractivity contribution is 6.31. The molecule has 0 aromatic heterocycles. The van der Waals surface area contributed by atoms with Crippen molar-refractivity contribution in [2.75, 3.05) is 23.8 Å². The Bertz CT molecular complexity index is 1140. The summed E-state index contributed by atoms with van der Waals surface area (Å²) < 4.78 is 11.2. The lowest BCUT2D eigenvalue weighted by Crippen LogP contribution is -2.23. The maximum absolute atomic E-state index is 12.5. The van der Waals surface area contributed by atoms with E-state index in [0.29, 0.717) is 39.7 Å². The van der Waals surface area contributed by atoms with Crippen molar-refractivity contribution in [3.63, 3.8) is 0 Å². The van der Waals surface area contributed by atoms with Gasteiger partial charge in [0.1, 0.15) is 11.5 Å². The molecule has 0 unspecified atom stereocenters. The van der Waals surface area contributed by atoms with Gasteiger partial charge in [0.25, 0.3) is 11.8 Å². The first-order valence-corrected chi connectivity index (χ1v) is 11.9. The Morgan fingerprint density at radius 3 is 1.54 bits per heavy atom. The van der Waals surface area contributed by atoms with Crippen molar-refractivity contribution in [3.8, 4) is 11.5 Å². The second-order valence-corrected chi connectivity index (χ2v) is 9.25. The summed E-state index contributed by atoms with van der Waals surface area (Å²) in [6, 6.07) is 20.1. The van der Waals surface area contributed by atoms with E-state index in [9.17, 15) is 9.59 Å². The Morgan fingerprint density at radius 1 is 0.686 bits per heavy atom. The first kappa shape index (κ1) is 26.1. The number of carbonyl (C=O) groups excluding carboxylic acids is 2. The van der Waals surface area contributed by atoms with Crippen LogP contribution in [0.5, 0.6) is 11.5 Å². The first-order valence-electron chi connectivity index (χ1n) is 11.6. The van der Waals surface area contributed by atoms with Gasteiger partial charge in [-0.25, -0.2) is 0 Å². The predicted molar refractivity (Wildman–Crippen MR) is 141 cm³/mol. The number of carbonyl (C=O) groups is 2. The van der Waals surface area contributed by atoms with Gasteiger partial charge in [0, 0.05) is 5.02 Å². The van der Waals surface area contributed by atoms with E-state index in [-0.39, 0.29) is 25.0 Å². The number of halogens is 1. The van der Waals surface area contributed by atoms with Crippen molar-refractivity contribution in [2.45, 2.75) is 39.5 Å². The second kappa shape index (κ2) is 12.3. The lowest BCUT2D eigenvalue weighted by atomic mass is 10.0. The molecule has 0 saturated carbocycles. The highest BCUT2D eigenvalue weighted by atomic mass is 35.5. The summed E-state index contributed by atoms with van der Waals surface area (Å²) in [5.41, 5.74) is 3.17. The summed E-state index contributed by atoms with van der Waals surface area (Å²) in [6.07, 6.45) is 0. The van der Waals surface area contributed by atoms with E-state index in [0.717, 1.165) is 0 Å². The Labute approximate surface area is 211 Å². The third-order valence-electron chi connectivity index (χ3n) is 5.36. The average molecular weight is 495 g/mol. The van der Waals surface area contributed by atoms with Gasteiger partial charge in [-0.2, -0.15) is 0 Å². The lowest BCUT2D eigenvalue weighted by Gasteiger charge is -2.14. The predicted octanol–water partition coefficient (Wildman–Crippen LogP) is 6.62. The summed E-state index contributed by atoms with van der Waals surface area (Å²) in [6.45, 7) is 8.09. The van der Waals surface area contributed by atoms with Crippen molar-refractivity contribution >= 4 is 34.8 Å². The Balaban J connectivity index is 1.55. The Morgan fingerprint density at radius 2 is 1.11 bits per heavy atom. The standard InChI is InChI=1S/C28H31ClN2O4/c1-18(2)20-5-10-23(11-6-20)34-16-27(32)30-25-14-9-22(29)15-26(25)31-28(33)17-35-24-12-7-21(8-13-24)19(3)4/h5-15,18-19H,16-17H2,1-4H3,(H,30,32)(H,31,33). The van der Waals surface area contributed by atoms with Crippen molar-refractivity contribution in [3.05, 3.63) is 82.9 Å². The van der Waals surface area contributed by atoms with Gasteiger partial charge in [-0.15, -0.1) is 0 Å². The number of amides is 2. The number of hydrogen-bond acceptors (Lipinski definition) is 4. The molecule has 0 saturated heterocycles. The minimum Gasteiger partial charge on any atom is -0.484 e. The van der Waals surface area contributed by atoms with Crippen molar-refractivity contribution in [1.29, 1.82) is 0 Å². The summed E-state index contributed by atoms with van der Waals surface area (Å²) in [4.78, 5) is 24.9. The van der Waals surface area contributed by atoms with Crippen LogP contribution >= 0.6 is 11.6 Å². The molecule has 3 aromatic rings. The molecule has 0 spiro atoms. The molecule has 0 aliphatic carbocycles. The van der Waals surface area contributed by atoms with Crippen LogP contribution in [0.15, 0.2) is 66.7 Å². The Kier molecular flexibility index (Phi) is 9.15. The number of rotatable bonds is 10. The highest BCUT2D eigenvalue weighted by Crippen LogP contribution is 2.26. The third kappa shape index (κ3) is 8.04. The summed E-state index contributed by atoms with van der Waals surface area (Å²) in [7, 11) is 0. The van der Waals surface area contributed by atoms with Crippen LogP contribution in [0.4, 0.5) is 11.4 Å². The molecule has 0 fully saturated rings. The fourth-order valence-corrected chi connectivity index (χ4v) is 3.47. The molecular weight excluding hydrogens is 464 g/mol. The van der Waals surface area contributed by atoms with Crippen LogP contribution in [0.2, 0.25) is 5.02 Å². The Hall–Kier alpha value is -3.51. The quantitative estimate of drug-likeness (QED) is 0.332.